The maximum atomic E-state index is 12.7. The number of rotatable bonds is 11. The van der Waals surface area contributed by atoms with E-state index < -0.39 is 0 Å². The number of aromatic amines is 1. The SMILES string of the molecule is CN(CC(=O)Nc1ccc(Oc2ccccc2)cc1)C(CCCc1ccccc1)c1nn[nH]n1. The van der Waals surface area contributed by atoms with Gasteiger partial charge in [0.25, 0.3) is 0 Å². The molecule has 0 fully saturated rings. The number of tetrazole rings is 1. The zero-order chi connectivity index (χ0) is 23.6. The first-order valence-electron chi connectivity index (χ1n) is 11.3. The number of benzene rings is 3. The Labute approximate surface area is 199 Å². The number of nitrogens with one attached hydrogen (secondary N) is 2. The van der Waals surface area contributed by atoms with Gasteiger partial charge in [0, 0.05) is 5.69 Å². The number of hydrogen-bond donors (Lipinski definition) is 2. The van der Waals surface area contributed by atoms with Crippen molar-refractivity contribution >= 4 is 11.6 Å². The Bertz CT molecular complexity index is 1140. The normalized spacial score (nSPS) is 11.8. The summed E-state index contributed by atoms with van der Waals surface area (Å²) in [4.78, 5) is 14.7. The van der Waals surface area contributed by atoms with E-state index in [-0.39, 0.29) is 18.5 Å². The van der Waals surface area contributed by atoms with E-state index in [0.717, 1.165) is 25.0 Å². The van der Waals surface area contributed by atoms with E-state index in [1.165, 1.54) is 5.56 Å². The van der Waals surface area contributed by atoms with Gasteiger partial charge in [-0.15, -0.1) is 10.2 Å². The molecule has 8 heteroatoms. The van der Waals surface area contributed by atoms with Crippen LogP contribution in [0.1, 0.15) is 30.3 Å². The average molecular weight is 457 g/mol. The van der Waals surface area contributed by atoms with Crippen LogP contribution >= 0.6 is 0 Å². The molecule has 3 aromatic carbocycles. The lowest BCUT2D eigenvalue weighted by Crippen LogP contribution is -2.34. The third-order valence-electron chi connectivity index (χ3n) is 5.49. The van der Waals surface area contributed by atoms with Crippen LogP contribution in [0.5, 0.6) is 11.5 Å². The predicted octanol–water partition coefficient (Wildman–Crippen LogP) is 4.63. The van der Waals surface area contributed by atoms with Crippen LogP contribution in [0.25, 0.3) is 0 Å². The third-order valence-corrected chi connectivity index (χ3v) is 5.49. The number of carbonyl (C=O) groups excluding carboxylic acids is 1. The van der Waals surface area contributed by atoms with Gasteiger partial charge in [0.15, 0.2) is 5.82 Å². The Hall–Kier alpha value is -4.04. The number of para-hydroxylation sites is 1. The van der Waals surface area contributed by atoms with Gasteiger partial charge in [0.1, 0.15) is 11.5 Å². The van der Waals surface area contributed by atoms with Crippen LogP contribution in [-0.2, 0) is 11.2 Å². The molecule has 0 saturated carbocycles. The molecule has 34 heavy (non-hydrogen) atoms. The molecule has 0 bridgehead atoms. The summed E-state index contributed by atoms with van der Waals surface area (Å²) in [6.07, 6.45) is 2.70. The summed E-state index contributed by atoms with van der Waals surface area (Å²) in [5.74, 6) is 1.94. The highest BCUT2D eigenvalue weighted by Crippen LogP contribution is 2.24. The molecule has 174 valence electrons. The molecular formula is C26H28N6O2. The Balaban J connectivity index is 1.31. The Kier molecular flexibility index (Phi) is 7.97. The standard InChI is InChI=1S/C26H28N6O2/c1-32(24(26-28-30-31-29-26)14-8-11-20-9-4-2-5-10-20)19-25(33)27-21-15-17-23(18-16-21)34-22-12-6-3-7-13-22/h2-7,9-10,12-13,15-18,24H,8,11,14,19H2,1H3,(H,27,33)(H,28,29,30,31). The number of nitrogens with zero attached hydrogens (tertiary/aromatic N) is 4. The number of hydrogen-bond acceptors (Lipinski definition) is 6. The number of aryl methyl sites for hydroxylation is 1. The molecular weight excluding hydrogens is 428 g/mol. The molecule has 4 rings (SSSR count). The van der Waals surface area contributed by atoms with Gasteiger partial charge >= 0.3 is 0 Å². The van der Waals surface area contributed by atoms with Gasteiger partial charge in [0.05, 0.1) is 12.6 Å². The molecule has 1 amide bonds. The molecule has 1 unspecified atom stereocenters. The molecule has 0 aliphatic carbocycles. The minimum atomic E-state index is -0.116. The van der Waals surface area contributed by atoms with Crippen molar-refractivity contribution in [1.29, 1.82) is 0 Å². The Morgan fingerprint density at radius 2 is 1.65 bits per heavy atom. The van der Waals surface area contributed by atoms with Gasteiger partial charge in [-0.3, -0.25) is 9.69 Å². The number of amides is 1. The van der Waals surface area contributed by atoms with Crippen molar-refractivity contribution < 1.29 is 9.53 Å². The predicted molar refractivity (Wildman–Crippen MR) is 131 cm³/mol. The van der Waals surface area contributed by atoms with E-state index in [0.29, 0.717) is 17.3 Å². The number of carbonyl (C=O) groups is 1. The second-order valence-electron chi connectivity index (χ2n) is 8.07. The van der Waals surface area contributed by atoms with Crippen LogP contribution in [-0.4, -0.2) is 45.0 Å². The van der Waals surface area contributed by atoms with E-state index >= 15 is 0 Å². The molecule has 8 nitrogen and oxygen atoms in total. The van der Waals surface area contributed by atoms with Crippen LogP contribution in [0.3, 0.4) is 0 Å². The van der Waals surface area contributed by atoms with Crippen molar-refractivity contribution in [3.63, 3.8) is 0 Å². The third kappa shape index (κ3) is 6.73. The van der Waals surface area contributed by atoms with Crippen LogP contribution in [0.4, 0.5) is 5.69 Å². The minimum absolute atomic E-state index is 0.115. The molecule has 1 heterocycles. The molecule has 0 saturated heterocycles. The summed E-state index contributed by atoms with van der Waals surface area (Å²) in [5.41, 5.74) is 1.99. The van der Waals surface area contributed by atoms with E-state index in [1.54, 1.807) is 0 Å². The van der Waals surface area contributed by atoms with Gasteiger partial charge in [-0.1, -0.05) is 53.7 Å². The molecule has 0 spiro atoms. The maximum Gasteiger partial charge on any atom is 0.238 e. The fraction of sp³-hybridized carbons (Fsp3) is 0.231. The zero-order valence-corrected chi connectivity index (χ0v) is 19.1. The van der Waals surface area contributed by atoms with Crippen LogP contribution in [0, 0.1) is 0 Å². The highest BCUT2D eigenvalue weighted by Gasteiger charge is 2.23. The average Bonchev–Trinajstić information content (AvgIpc) is 3.39. The first-order valence-corrected chi connectivity index (χ1v) is 11.3. The quantitative estimate of drug-likeness (QED) is 0.342. The van der Waals surface area contributed by atoms with Crippen molar-refractivity contribution in [2.75, 3.05) is 18.9 Å². The summed E-state index contributed by atoms with van der Waals surface area (Å²) >= 11 is 0. The minimum Gasteiger partial charge on any atom is -0.457 e. The first-order chi connectivity index (χ1) is 16.7. The maximum absolute atomic E-state index is 12.7. The molecule has 2 N–H and O–H groups in total. The van der Waals surface area contributed by atoms with Crippen molar-refractivity contribution in [3.05, 3.63) is 96.3 Å². The smallest absolute Gasteiger partial charge is 0.238 e. The molecule has 0 radical (unpaired) electrons. The van der Waals surface area contributed by atoms with Crippen LogP contribution in [0.15, 0.2) is 84.9 Å². The summed E-state index contributed by atoms with van der Waals surface area (Å²) in [6, 6.07) is 27.1. The van der Waals surface area contributed by atoms with Gasteiger partial charge in [-0.25, -0.2) is 0 Å². The lowest BCUT2D eigenvalue weighted by atomic mass is 10.0. The number of aromatic nitrogens is 4. The number of H-pyrrole nitrogens is 1. The summed E-state index contributed by atoms with van der Waals surface area (Å²) in [6.45, 7) is 0.201. The lowest BCUT2D eigenvalue weighted by molar-refractivity contribution is -0.117. The number of ether oxygens (including phenoxy) is 1. The van der Waals surface area contributed by atoms with Gasteiger partial charge in [-0.05, 0) is 68.3 Å². The fourth-order valence-corrected chi connectivity index (χ4v) is 3.77. The van der Waals surface area contributed by atoms with Gasteiger partial charge < -0.3 is 10.1 Å². The second-order valence-corrected chi connectivity index (χ2v) is 8.07. The molecule has 4 aromatic rings. The monoisotopic (exact) mass is 456 g/mol. The van der Waals surface area contributed by atoms with Crippen molar-refractivity contribution in [2.45, 2.75) is 25.3 Å². The molecule has 0 aliphatic rings. The van der Waals surface area contributed by atoms with E-state index in [4.69, 9.17) is 4.74 Å². The number of anilines is 1. The Morgan fingerprint density at radius 1 is 0.971 bits per heavy atom. The Morgan fingerprint density at radius 3 is 2.32 bits per heavy atom. The fourth-order valence-electron chi connectivity index (χ4n) is 3.77. The van der Waals surface area contributed by atoms with Crippen LogP contribution in [0.2, 0.25) is 0 Å². The van der Waals surface area contributed by atoms with Crippen LogP contribution < -0.4 is 10.1 Å². The summed E-state index contributed by atoms with van der Waals surface area (Å²) < 4.78 is 5.80. The summed E-state index contributed by atoms with van der Waals surface area (Å²) in [7, 11) is 1.90. The lowest BCUT2D eigenvalue weighted by Gasteiger charge is -2.25. The van der Waals surface area contributed by atoms with E-state index in [9.17, 15) is 4.79 Å². The van der Waals surface area contributed by atoms with Crippen molar-refractivity contribution in [3.8, 4) is 11.5 Å². The zero-order valence-electron chi connectivity index (χ0n) is 19.1. The largest absolute Gasteiger partial charge is 0.457 e. The van der Waals surface area contributed by atoms with Crippen molar-refractivity contribution in [1.82, 2.24) is 25.5 Å². The second kappa shape index (κ2) is 11.7. The molecule has 1 atom stereocenters. The first kappa shape index (κ1) is 23.1. The molecule has 1 aromatic heterocycles. The van der Waals surface area contributed by atoms with E-state index in [2.05, 4.69) is 38.1 Å². The highest BCUT2D eigenvalue weighted by molar-refractivity contribution is 5.92. The molecule has 0 aliphatic heterocycles. The van der Waals surface area contributed by atoms with E-state index in [1.807, 2.05) is 84.7 Å². The van der Waals surface area contributed by atoms with Gasteiger partial charge in [-0.2, -0.15) is 5.21 Å². The van der Waals surface area contributed by atoms with Gasteiger partial charge in [0.2, 0.25) is 5.91 Å². The topological polar surface area (TPSA) is 96.0 Å². The highest BCUT2D eigenvalue weighted by atomic mass is 16.5. The number of likely N-dealkylation sites (N-methyl/N-ethyl adjacent to an activating group) is 1. The van der Waals surface area contributed by atoms with Crippen molar-refractivity contribution in [2.24, 2.45) is 0 Å². The summed E-state index contributed by atoms with van der Waals surface area (Å²) in [5, 5.41) is 17.5.